The molecule has 0 aliphatic carbocycles. The molecule has 0 rings (SSSR count). The second-order valence-corrected chi connectivity index (χ2v) is 2.48. The van der Waals surface area contributed by atoms with Gasteiger partial charge >= 0.3 is 0 Å². The smallest absolute Gasteiger partial charge is 0.00391 e. The quantitative estimate of drug-likeness (QED) is 0.579. The lowest BCUT2D eigenvalue weighted by molar-refractivity contribution is 0.543. The molecular formula is C7H18N2. The van der Waals surface area contributed by atoms with Gasteiger partial charge in [-0.3, -0.25) is 0 Å². The van der Waals surface area contributed by atoms with Crippen LogP contribution in [0.15, 0.2) is 0 Å². The van der Waals surface area contributed by atoms with E-state index in [9.17, 15) is 0 Å². The molecule has 0 fully saturated rings. The molecule has 0 aromatic rings. The van der Waals surface area contributed by atoms with Crippen LogP contribution in [0.5, 0.6) is 0 Å². The van der Waals surface area contributed by atoms with Crippen LogP contribution >= 0.6 is 0 Å². The fourth-order valence-electron chi connectivity index (χ4n) is 0.895. The lowest BCUT2D eigenvalue weighted by Crippen LogP contribution is -2.20. The SMILES string of the molecule is CCCC(N)CCCN. The van der Waals surface area contributed by atoms with Crippen molar-refractivity contribution in [3.05, 3.63) is 0 Å². The minimum Gasteiger partial charge on any atom is -0.330 e. The van der Waals surface area contributed by atoms with Crippen LogP contribution in [0.3, 0.4) is 0 Å². The van der Waals surface area contributed by atoms with Gasteiger partial charge < -0.3 is 11.5 Å². The zero-order valence-electron chi connectivity index (χ0n) is 6.27. The first kappa shape index (κ1) is 8.92. The Labute approximate surface area is 57.6 Å². The molecule has 2 nitrogen and oxygen atoms in total. The normalized spacial score (nSPS) is 13.7. The summed E-state index contributed by atoms with van der Waals surface area (Å²) in [5.41, 5.74) is 11.0. The standard InChI is InChI=1S/C7H18N2/c1-2-4-7(9)5-3-6-8/h7H,2-6,8-9H2,1H3. The lowest BCUT2D eigenvalue weighted by Gasteiger charge is -2.07. The molecule has 0 heterocycles. The van der Waals surface area contributed by atoms with E-state index in [0.29, 0.717) is 6.04 Å². The maximum atomic E-state index is 5.71. The molecular weight excluding hydrogens is 112 g/mol. The van der Waals surface area contributed by atoms with Gasteiger partial charge in [-0.15, -0.1) is 0 Å². The highest BCUT2D eigenvalue weighted by atomic mass is 14.6. The summed E-state index contributed by atoms with van der Waals surface area (Å²) in [4.78, 5) is 0. The Balaban J connectivity index is 2.95. The van der Waals surface area contributed by atoms with Gasteiger partial charge in [-0.25, -0.2) is 0 Å². The van der Waals surface area contributed by atoms with E-state index in [0.717, 1.165) is 25.8 Å². The molecule has 4 N–H and O–H groups in total. The molecule has 0 aromatic heterocycles. The van der Waals surface area contributed by atoms with Gasteiger partial charge in [0.25, 0.3) is 0 Å². The van der Waals surface area contributed by atoms with Crippen molar-refractivity contribution in [3.8, 4) is 0 Å². The van der Waals surface area contributed by atoms with Crippen molar-refractivity contribution >= 4 is 0 Å². The third-order valence-corrected chi connectivity index (χ3v) is 1.44. The number of hydrogen-bond acceptors (Lipinski definition) is 2. The zero-order valence-corrected chi connectivity index (χ0v) is 6.27. The van der Waals surface area contributed by atoms with Gasteiger partial charge in [-0.05, 0) is 25.8 Å². The van der Waals surface area contributed by atoms with Crippen LogP contribution in [0, 0.1) is 0 Å². The molecule has 56 valence electrons. The second kappa shape index (κ2) is 6.05. The molecule has 0 bridgehead atoms. The Kier molecular flexibility index (Phi) is 5.99. The Bertz CT molecular complexity index is 54.9. The molecule has 1 atom stereocenters. The fraction of sp³-hybridized carbons (Fsp3) is 1.00. The van der Waals surface area contributed by atoms with Crippen LogP contribution in [-0.2, 0) is 0 Å². The van der Waals surface area contributed by atoms with E-state index in [1.807, 2.05) is 0 Å². The predicted molar refractivity (Wildman–Crippen MR) is 41.2 cm³/mol. The highest BCUT2D eigenvalue weighted by Gasteiger charge is 1.97. The van der Waals surface area contributed by atoms with Crippen molar-refractivity contribution in [1.82, 2.24) is 0 Å². The van der Waals surface area contributed by atoms with Crippen LogP contribution in [-0.4, -0.2) is 12.6 Å². The van der Waals surface area contributed by atoms with Crippen molar-refractivity contribution in [1.29, 1.82) is 0 Å². The molecule has 0 aromatic carbocycles. The molecule has 0 spiro atoms. The van der Waals surface area contributed by atoms with E-state index in [1.165, 1.54) is 6.42 Å². The van der Waals surface area contributed by atoms with Gasteiger partial charge in [0.05, 0.1) is 0 Å². The number of rotatable bonds is 5. The van der Waals surface area contributed by atoms with E-state index in [1.54, 1.807) is 0 Å². The van der Waals surface area contributed by atoms with Crippen molar-refractivity contribution in [2.24, 2.45) is 11.5 Å². The van der Waals surface area contributed by atoms with E-state index in [4.69, 9.17) is 11.5 Å². The van der Waals surface area contributed by atoms with Crippen LogP contribution in [0.4, 0.5) is 0 Å². The maximum Gasteiger partial charge on any atom is 0.00391 e. The summed E-state index contributed by atoms with van der Waals surface area (Å²) in [6, 6.07) is 0.388. The monoisotopic (exact) mass is 130 g/mol. The average molecular weight is 130 g/mol. The summed E-state index contributed by atoms with van der Waals surface area (Å²) in [7, 11) is 0. The summed E-state index contributed by atoms with van der Waals surface area (Å²) in [5, 5.41) is 0. The van der Waals surface area contributed by atoms with Crippen molar-refractivity contribution in [2.45, 2.75) is 38.6 Å². The largest absolute Gasteiger partial charge is 0.330 e. The van der Waals surface area contributed by atoms with Gasteiger partial charge in [0.1, 0.15) is 0 Å². The number of hydrogen-bond donors (Lipinski definition) is 2. The molecule has 0 aliphatic heterocycles. The highest BCUT2D eigenvalue weighted by molar-refractivity contribution is 4.59. The third kappa shape index (κ3) is 5.80. The van der Waals surface area contributed by atoms with Gasteiger partial charge in [-0.1, -0.05) is 13.3 Å². The summed E-state index contributed by atoms with van der Waals surface area (Å²) >= 11 is 0. The summed E-state index contributed by atoms with van der Waals surface area (Å²) in [5.74, 6) is 0. The van der Waals surface area contributed by atoms with E-state index in [2.05, 4.69) is 6.92 Å². The predicted octanol–water partition coefficient (Wildman–Crippen LogP) is 0.853. The van der Waals surface area contributed by atoms with E-state index < -0.39 is 0 Å². The molecule has 0 amide bonds. The first-order valence-corrected chi connectivity index (χ1v) is 3.77. The fourth-order valence-corrected chi connectivity index (χ4v) is 0.895. The number of nitrogens with two attached hydrogens (primary N) is 2. The van der Waals surface area contributed by atoms with Crippen molar-refractivity contribution in [3.63, 3.8) is 0 Å². The van der Waals surface area contributed by atoms with Gasteiger partial charge in [0.15, 0.2) is 0 Å². The third-order valence-electron chi connectivity index (χ3n) is 1.44. The highest BCUT2D eigenvalue weighted by Crippen LogP contribution is 1.99. The Morgan fingerprint density at radius 1 is 1.33 bits per heavy atom. The van der Waals surface area contributed by atoms with Gasteiger partial charge in [0, 0.05) is 6.04 Å². The molecule has 1 unspecified atom stereocenters. The molecule has 0 saturated heterocycles. The minimum absolute atomic E-state index is 0.388. The van der Waals surface area contributed by atoms with Crippen molar-refractivity contribution < 1.29 is 0 Å². The average Bonchev–Trinajstić information content (AvgIpc) is 1.85. The maximum absolute atomic E-state index is 5.71. The lowest BCUT2D eigenvalue weighted by atomic mass is 10.1. The van der Waals surface area contributed by atoms with Crippen LogP contribution < -0.4 is 11.5 Å². The van der Waals surface area contributed by atoms with E-state index >= 15 is 0 Å². The van der Waals surface area contributed by atoms with E-state index in [-0.39, 0.29) is 0 Å². The molecule has 0 radical (unpaired) electrons. The first-order valence-electron chi connectivity index (χ1n) is 3.77. The Morgan fingerprint density at radius 3 is 2.44 bits per heavy atom. The Morgan fingerprint density at radius 2 is 2.00 bits per heavy atom. The first-order chi connectivity index (χ1) is 4.31. The molecule has 0 aliphatic rings. The Hall–Kier alpha value is -0.0800. The van der Waals surface area contributed by atoms with Gasteiger partial charge in [0.2, 0.25) is 0 Å². The van der Waals surface area contributed by atoms with Crippen molar-refractivity contribution in [2.75, 3.05) is 6.54 Å². The topological polar surface area (TPSA) is 52.0 Å². The van der Waals surface area contributed by atoms with Crippen LogP contribution in [0.2, 0.25) is 0 Å². The molecule has 2 heteroatoms. The minimum atomic E-state index is 0.388. The van der Waals surface area contributed by atoms with Crippen LogP contribution in [0.25, 0.3) is 0 Å². The summed E-state index contributed by atoms with van der Waals surface area (Å²) < 4.78 is 0. The summed E-state index contributed by atoms with van der Waals surface area (Å²) in [6.45, 7) is 2.93. The van der Waals surface area contributed by atoms with Crippen LogP contribution in [0.1, 0.15) is 32.6 Å². The summed E-state index contributed by atoms with van der Waals surface area (Å²) in [6.07, 6.45) is 4.48. The zero-order chi connectivity index (χ0) is 7.11. The molecule has 0 saturated carbocycles. The van der Waals surface area contributed by atoms with Gasteiger partial charge in [-0.2, -0.15) is 0 Å². The molecule has 9 heavy (non-hydrogen) atoms. The second-order valence-electron chi connectivity index (χ2n) is 2.48.